The first-order valence-electron chi connectivity index (χ1n) is 6.41. The fraction of sp³-hybridized carbons (Fsp3) is 0.583. The van der Waals surface area contributed by atoms with Gasteiger partial charge in [-0.05, 0) is 13.2 Å². The lowest BCUT2D eigenvalue weighted by atomic mass is 10.3. The standard InChI is InChI=1S/C12H19N5OS/c1-3-13-9-8-10(16-12(15-9)19-2)17-6-4-11(18)14-5-7-17/h8H,3-7H2,1-2H3,(H,14,18)(H,13,15,16). The quantitative estimate of drug-likeness (QED) is 0.633. The van der Waals surface area contributed by atoms with Crippen LogP contribution < -0.4 is 15.5 Å². The van der Waals surface area contributed by atoms with E-state index in [0.717, 1.165) is 29.9 Å². The minimum absolute atomic E-state index is 0.105. The predicted molar refractivity (Wildman–Crippen MR) is 77.8 cm³/mol. The highest BCUT2D eigenvalue weighted by Crippen LogP contribution is 2.20. The molecule has 2 N–H and O–H groups in total. The average Bonchev–Trinajstić information content (AvgIpc) is 2.63. The molecule has 1 saturated heterocycles. The van der Waals surface area contributed by atoms with Gasteiger partial charge in [-0.2, -0.15) is 0 Å². The molecule has 1 aliphatic rings. The van der Waals surface area contributed by atoms with Crippen LogP contribution in [0.2, 0.25) is 0 Å². The van der Waals surface area contributed by atoms with Crippen LogP contribution in [0.1, 0.15) is 13.3 Å². The van der Waals surface area contributed by atoms with E-state index in [1.807, 2.05) is 19.2 Å². The number of anilines is 2. The molecule has 0 unspecified atom stereocenters. The van der Waals surface area contributed by atoms with Crippen LogP contribution in [-0.2, 0) is 4.79 Å². The largest absolute Gasteiger partial charge is 0.370 e. The van der Waals surface area contributed by atoms with E-state index in [1.54, 1.807) is 0 Å². The second-order valence-electron chi connectivity index (χ2n) is 4.22. The maximum absolute atomic E-state index is 11.4. The third-order valence-electron chi connectivity index (χ3n) is 2.87. The fourth-order valence-corrected chi connectivity index (χ4v) is 2.31. The van der Waals surface area contributed by atoms with Gasteiger partial charge in [0.05, 0.1) is 0 Å². The third kappa shape index (κ3) is 3.73. The van der Waals surface area contributed by atoms with E-state index in [1.165, 1.54) is 11.8 Å². The Morgan fingerprint density at radius 1 is 1.47 bits per heavy atom. The van der Waals surface area contributed by atoms with Gasteiger partial charge in [0.2, 0.25) is 5.91 Å². The van der Waals surface area contributed by atoms with Crippen molar-refractivity contribution in [3.8, 4) is 0 Å². The predicted octanol–water partition coefficient (Wildman–Crippen LogP) is 0.957. The topological polar surface area (TPSA) is 70.2 Å². The molecule has 0 radical (unpaired) electrons. The molecule has 2 heterocycles. The Hall–Kier alpha value is -1.50. The smallest absolute Gasteiger partial charge is 0.221 e. The van der Waals surface area contributed by atoms with Crippen molar-refractivity contribution in [2.45, 2.75) is 18.5 Å². The molecule has 1 fully saturated rings. The number of carbonyl (C=O) groups is 1. The summed E-state index contributed by atoms with van der Waals surface area (Å²) in [5.74, 6) is 1.82. The Labute approximate surface area is 117 Å². The van der Waals surface area contributed by atoms with Crippen molar-refractivity contribution in [1.29, 1.82) is 0 Å². The van der Waals surface area contributed by atoms with Crippen molar-refractivity contribution in [2.24, 2.45) is 0 Å². The number of hydrogen-bond donors (Lipinski definition) is 2. The molecule has 1 aromatic rings. The van der Waals surface area contributed by atoms with Gasteiger partial charge < -0.3 is 15.5 Å². The highest BCUT2D eigenvalue weighted by molar-refractivity contribution is 7.98. The molecule has 0 atom stereocenters. The summed E-state index contributed by atoms with van der Waals surface area (Å²) in [7, 11) is 0. The van der Waals surface area contributed by atoms with Gasteiger partial charge in [0, 0.05) is 38.7 Å². The summed E-state index contributed by atoms with van der Waals surface area (Å²) in [5.41, 5.74) is 0. The highest BCUT2D eigenvalue weighted by atomic mass is 32.2. The van der Waals surface area contributed by atoms with E-state index in [-0.39, 0.29) is 5.91 Å². The summed E-state index contributed by atoms with van der Waals surface area (Å²) >= 11 is 1.52. The van der Waals surface area contributed by atoms with E-state index in [9.17, 15) is 4.79 Å². The molecule has 2 rings (SSSR count). The van der Waals surface area contributed by atoms with Crippen molar-refractivity contribution < 1.29 is 4.79 Å². The van der Waals surface area contributed by atoms with Crippen molar-refractivity contribution in [2.75, 3.05) is 42.7 Å². The molecule has 0 saturated carbocycles. The van der Waals surface area contributed by atoms with Gasteiger partial charge in [-0.1, -0.05) is 11.8 Å². The number of rotatable bonds is 4. The van der Waals surface area contributed by atoms with Gasteiger partial charge in [0.25, 0.3) is 0 Å². The number of amides is 1. The van der Waals surface area contributed by atoms with Crippen LogP contribution in [0.3, 0.4) is 0 Å². The van der Waals surface area contributed by atoms with Gasteiger partial charge in [0.1, 0.15) is 11.6 Å². The van der Waals surface area contributed by atoms with Crippen LogP contribution in [0.15, 0.2) is 11.2 Å². The van der Waals surface area contributed by atoms with E-state index in [0.29, 0.717) is 19.5 Å². The number of nitrogens with one attached hydrogen (secondary N) is 2. The Morgan fingerprint density at radius 3 is 3.05 bits per heavy atom. The van der Waals surface area contributed by atoms with Crippen LogP contribution >= 0.6 is 11.8 Å². The van der Waals surface area contributed by atoms with Crippen molar-refractivity contribution in [3.05, 3.63) is 6.07 Å². The molecule has 19 heavy (non-hydrogen) atoms. The Kier molecular flexibility index (Phi) is 4.84. The van der Waals surface area contributed by atoms with Gasteiger partial charge in [-0.25, -0.2) is 9.97 Å². The molecule has 1 amide bonds. The van der Waals surface area contributed by atoms with Crippen LogP contribution in [0.25, 0.3) is 0 Å². The lowest BCUT2D eigenvalue weighted by Gasteiger charge is -2.21. The van der Waals surface area contributed by atoms with Gasteiger partial charge in [0.15, 0.2) is 5.16 Å². The molecule has 0 bridgehead atoms. The highest BCUT2D eigenvalue weighted by Gasteiger charge is 2.16. The zero-order chi connectivity index (χ0) is 13.7. The molecule has 1 aromatic heterocycles. The molecule has 7 heteroatoms. The monoisotopic (exact) mass is 281 g/mol. The van der Waals surface area contributed by atoms with Crippen LogP contribution in [0.4, 0.5) is 11.6 Å². The van der Waals surface area contributed by atoms with E-state index < -0.39 is 0 Å². The molecule has 0 aromatic carbocycles. The lowest BCUT2D eigenvalue weighted by molar-refractivity contribution is -0.120. The van der Waals surface area contributed by atoms with Crippen molar-refractivity contribution in [3.63, 3.8) is 0 Å². The Bertz CT molecular complexity index is 454. The first kappa shape index (κ1) is 13.9. The van der Waals surface area contributed by atoms with Gasteiger partial charge in [-0.3, -0.25) is 4.79 Å². The fourth-order valence-electron chi connectivity index (χ4n) is 1.93. The summed E-state index contributed by atoms with van der Waals surface area (Å²) in [6.07, 6.45) is 2.47. The van der Waals surface area contributed by atoms with Crippen LogP contribution in [-0.4, -0.2) is 48.3 Å². The van der Waals surface area contributed by atoms with E-state index in [4.69, 9.17) is 0 Å². The summed E-state index contributed by atoms with van der Waals surface area (Å²) in [5, 5.41) is 6.83. The normalized spacial score (nSPS) is 15.9. The maximum Gasteiger partial charge on any atom is 0.221 e. The summed E-state index contributed by atoms with van der Waals surface area (Å²) in [6, 6.07) is 1.94. The molecule has 0 aliphatic carbocycles. The van der Waals surface area contributed by atoms with Gasteiger partial charge >= 0.3 is 0 Å². The molecular weight excluding hydrogens is 262 g/mol. The first-order chi connectivity index (χ1) is 9.22. The van der Waals surface area contributed by atoms with Crippen molar-refractivity contribution in [1.82, 2.24) is 15.3 Å². The summed E-state index contributed by atoms with van der Waals surface area (Å²) in [6.45, 7) is 5.00. The molecule has 1 aliphatic heterocycles. The average molecular weight is 281 g/mol. The zero-order valence-corrected chi connectivity index (χ0v) is 12.1. The number of hydrogen-bond acceptors (Lipinski definition) is 6. The zero-order valence-electron chi connectivity index (χ0n) is 11.3. The minimum Gasteiger partial charge on any atom is -0.370 e. The number of aromatic nitrogens is 2. The SMILES string of the molecule is CCNc1cc(N2CCNC(=O)CC2)nc(SC)n1. The Balaban J connectivity index is 2.21. The molecule has 0 spiro atoms. The second kappa shape index (κ2) is 6.60. The van der Waals surface area contributed by atoms with E-state index in [2.05, 4.69) is 25.5 Å². The molecule has 104 valence electrons. The third-order valence-corrected chi connectivity index (χ3v) is 3.42. The van der Waals surface area contributed by atoms with E-state index >= 15 is 0 Å². The van der Waals surface area contributed by atoms with Crippen molar-refractivity contribution >= 4 is 29.3 Å². The summed E-state index contributed by atoms with van der Waals surface area (Å²) < 4.78 is 0. The Morgan fingerprint density at radius 2 is 2.32 bits per heavy atom. The number of carbonyl (C=O) groups excluding carboxylic acids is 1. The molecule has 6 nitrogen and oxygen atoms in total. The molecular formula is C12H19N5OS. The summed E-state index contributed by atoms with van der Waals surface area (Å²) in [4.78, 5) is 22.4. The first-order valence-corrected chi connectivity index (χ1v) is 7.64. The second-order valence-corrected chi connectivity index (χ2v) is 4.99. The minimum atomic E-state index is 0.105. The lowest BCUT2D eigenvalue weighted by Crippen LogP contribution is -2.29. The maximum atomic E-state index is 11.4. The number of thioether (sulfide) groups is 1. The van der Waals surface area contributed by atoms with Crippen LogP contribution in [0.5, 0.6) is 0 Å². The number of nitrogens with zero attached hydrogens (tertiary/aromatic N) is 3. The van der Waals surface area contributed by atoms with Gasteiger partial charge in [-0.15, -0.1) is 0 Å². The van der Waals surface area contributed by atoms with Crippen LogP contribution in [0, 0.1) is 0 Å².